The Balaban J connectivity index is 1.45. The molecule has 30 heavy (non-hydrogen) atoms. The van der Waals surface area contributed by atoms with Crippen molar-refractivity contribution in [1.29, 1.82) is 0 Å². The van der Waals surface area contributed by atoms with Crippen LogP contribution in [0.5, 0.6) is 17.2 Å². The van der Waals surface area contributed by atoms with E-state index in [4.69, 9.17) is 14.2 Å². The first-order valence-electron chi connectivity index (χ1n) is 10.6. The molecule has 1 aliphatic rings. The topological polar surface area (TPSA) is 60.0 Å². The van der Waals surface area contributed by atoms with Gasteiger partial charge in [0.2, 0.25) is 5.91 Å². The minimum Gasteiger partial charge on any atom is -0.497 e. The van der Waals surface area contributed by atoms with E-state index in [1.807, 2.05) is 36.4 Å². The molecule has 0 spiro atoms. The number of likely N-dealkylation sites (tertiary alicyclic amines) is 1. The summed E-state index contributed by atoms with van der Waals surface area (Å²) in [6.45, 7) is 3.23. The van der Waals surface area contributed by atoms with Gasteiger partial charge in [-0.3, -0.25) is 9.69 Å². The summed E-state index contributed by atoms with van der Waals surface area (Å²) in [6.07, 6.45) is 3.53. The number of nitrogens with one attached hydrogen (secondary N) is 1. The maximum Gasteiger partial charge on any atom is 0.220 e. The van der Waals surface area contributed by atoms with Gasteiger partial charge in [-0.05, 0) is 74.3 Å². The van der Waals surface area contributed by atoms with Crippen LogP contribution in [0.4, 0.5) is 0 Å². The summed E-state index contributed by atoms with van der Waals surface area (Å²) in [5.41, 5.74) is 1.18. The van der Waals surface area contributed by atoms with E-state index in [1.54, 1.807) is 14.2 Å². The number of ether oxygens (including phenoxy) is 3. The molecule has 1 saturated heterocycles. The van der Waals surface area contributed by atoms with Gasteiger partial charge in [0.15, 0.2) is 0 Å². The van der Waals surface area contributed by atoms with E-state index in [1.165, 1.54) is 18.4 Å². The van der Waals surface area contributed by atoms with Gasteiger partial charge in [-0.15, -0.1) is 0 Å². The van der Waals surface area contributed by atoms with E-state index in [0.29, 0.717) is 26.0 Å². The van der Waals surface area contributed by atoms with Gasteiger partial charge in [0.25, 0.3) is 0 Å². The third kappa shape index (κ3) is 6.39. The molecule has 2 aromatic rings. The molecular weight excluding hydrogens is 380 g/mol. The molecule has 0 aromatic heterocycles. The van der Waals surface area contributed by atoms with E-state index in [9.17, 15) is 4.79 Å². The molecule has 3 rings (SSSR count). The van der Waals surface area contributed by atoms with Gasteiger partial charge in [-0.1, -0.05) is 12.1 Å². The van der Waals surface area contributed by atoms with Crippen LogP contribution in [0.15, 0.2) is 48.5 Å². The highest BCUT2D eigenvalue weighted by Gasteiger charge is 2.24. The lowest BCUT2D eigenvalue weighted by molar-refractivity contribution is -0.121. The monoisotopic (exact) mass is 412 g/mol. The second-order valence-electron chi connectivity index (χ2n) is 7.47. The number of hydrogen-bond donors (Lipinski definition) is 1. The molecule has 0 radical (unpaired) electrons. The summed E-state index contributed by atoms with van der Waals surface area (Å²) >= 11 is 0. The molecule has 1 aliphatic heterocycles. The standard InChI is InChI=1S/C24H32N2O4/c1-28-20-10-12-21(13-11-20)30-16-6-9-24(27)25-18-23(26-14-3-4-15-26)19-7-5-8-22(17-19)29-2/h5,7-8,10-13,17,23H,3-4,6,9,14-16,18H2,1-2H3,(H,25,27). The average Bonchev–Trinajstić information content (AvgIpc) is 3.32. The van der Waals surface area contributed by atoms with Crippen LogP contribution in [0.25, 0.3) is 0 Å². The van der Waals surface area contributed by atoms with E-state index in [2.05, 4.69) is 22.3 Å². The molecule has 1 amide bonds. The Morgan fingerprint density at radius 3 is 2.40 bits per heavy atom. The molecule has 1 fully saturated rings. The summed E-state index contributed by atoms with van der Waals surface area (Å²) in [7, 11) is 3.32. The Bertz CT molecular complexity index is 788. The van der Waals surface area contributed by atoms with E-state index >= 15 is 0 Å². The van der Waals surface area contributed by atoms with Crippen molar-refractivity contribution in [2.45, 2.75) is 31.7 Å². The average molecular weight is 413 g/mol. The Hall–Kier alpha value is -2.73. The predicted molar refractivity (Wildman–Crippen MR) is 117 cm³/mol. The van der Waals surface area contributed by atoms with Crippen molar-refractivity contribution in [3.05, 3.63) is 54.1 Å². The predicted octanol–water partition coefficient (Wildman–Crippen LogP) is 3.82. The van der Waals surface area contributed by atoms with Crippen LogP contribution in [0, 0.1) is 0 Å². The molecule has 1 heterocycles. The number of carbonyl (C=O) groups excluding carboxylic acids is 1. The fourth-order valence-corrected chi connectivity index (χ4v) is 3.75. The van der Waals surface area contributed by atoms with Gasteiger partial charge < -0.3 is 19.5 Å². The van der Waals surface area contributed by atoms with Gasteiger partial charge >= 0.3 is 0 Å². The van der Waals surface area contributed by atoms with Crippen LogP contribution in [-0.4, -0.2) is 51.3 Å². The Labute approximate surface area is 179 Å². The van der Waals surface area contributed by atoms with Crippen LogP contribution in [0.3, 0.4) is 0 Å². The summed E-state index contributed by atoms with van der Waals surface area (Å²) in [5.74, 6) is 2.48. The molecular formula is C24H32N2O4. The summed E-state index contributed by atoms with van der Waals surface area (Å²) in [6, 6.07) is 15.8. The molecule has 2 aromatic carbocycles. The van der Waals surface area contributed by atoms with Crippen molar-refractivity contribution in [2.24, 2.45) is 0 Å². The number of amides is 1. The zero-order valence-electron chi connectivity index (χ0n) is 17.9. The summed E-state index contributed by atoms with van der Waals surface area (Å²) in [5, 5.41) is 3.12. The first kappa shape index (κ1) is 22.0. The van der Waals surface area contributed by atoms with Crippen molar-refractivity contribution in [3.8, 4) is 17.2 Å². The first-order valence-corrected chi connectivity index (χ1v) is 10.6. The van der Waals surface area contributed by atoms with Gasteiger partial charge in [-0.25, -0.2) is 0 Å². The van der Waals surface area contributed by atoms with Gasteiger partial charge in [0.1, 0.15) is 17.2 Å². The van der Waals surface area contributed by atoms with Crippen molar-refractivity contribution in [1.82, 2.24) is 10.2 Å². The molecule has 1 N–H and O–H groups in total. The quantitative estimate of drug-likeness (QED) is 0.569. The highest BCUT2D eigenvalue weighted by molar-refractivity contribution is 5.75. The Morgan fingerprint density at radius 2 is 1.70 bits per heavy atom. The highest BCUT2D eigenvalue weighted by atomic mass is 16.5. The Morgan fingerprint density at radius 1 is 1.00 bits per heavy atom. The van der Waals surface area contributed by atoms with E-state index in [-0.39, 0.29) is 11.9 Å². The smallest absolute Gasteiger partial charge is 0.220 e. The van der Waals surface area contributed by atoms with Crippen LogP contribution in [-0.2, 0) is 4.79 Å². The van der Waals surface area contributed by atoms with E-state index in [0.717, 1.165) is 30.3 Å². The lowest BCUT2D eigenvalue weighted by Gasteiger charge is -2.28. The van der Waals surface area contributed by atoms with Gasteiger partial charge in [-0.2, -0.15) is 0 Å². The second kappa shape index (κ2) is 11.5. The number of benzene rings is 2. The number of carbonyl (C=O) groups is 1. The molecule has 6 heteroatoms. The maximum atomic E-state index is 12.4. The molecule has 162 valence electrons. The van der Waals surface area contributed by atoms with Crippen LogP contribution < -0.4 is 19.5 Å². The van der Waals surface area contributed by atoms with Gasteiger partial charge in [0.05, 0.1) is 26.9 Å². The minimum absolute atomic E-state index is 0.0559. The molecule has 0 saturated carbocycles. The number of methoxy groups -OCH3 is 2. The number of hydrogen-bond acceptors (Lipinski definition) is 5. The Kier molecular flexibility index (Phi) is 8.39. The second-order valence-corrected chi connectivity index (χ2v) is 7.47. The first-order chi connectivity index (χ1) is 14.7. The largest absolute Gasteiger partial charge is 0.497 e. The van der Waals surface area contributed by atoms with Crippen molar-refractivity contribution >= 4 is 5.91 Å². The molecule has 6 nitrogen and oxygen atoms in total. The van der Waals surface area contributed by atoms with Crippen LogP contribution >= 0.6 is 0 Å². The highest BCUT2D eigenvalue weighted by Crippen LogP contribution is 2.27. The lowest BCUT2D eigenvalue weighted by atomic mass is 10.0. The third-order valence-corrected chi connectivity index (χ3v) is 5.43. The van der Waals surface area contributed by atoms with Crippen molar-refractivity contribution < 1.29 is 19.0 Å². The molecule has 1 atom stereocenters. The zero-order valence-corrected chi connectivity index (χ0v) is 17.9. The van der Waals surface area contributed by atoms with Crippen LogP contribution in [0.2, 0.25) is 0 Å². The van der Waals surface area contributed by atoms with Gasteiger partial charge in [0, 0.05) is 13.0 Å². The molecule has 1 unspecified atom stereocenters. The fraction of sp³-hybridized carbons (Fsp3) is 0.458. The summed E-state index contributed by atoms with van der Waals surface area (Å²) in [4.78, 5) is 14.8. The normalized spacial score (nSPS) is 14.9. The summed E-state index contributed by atoms with van der Waals surface area (Å²) < 4.78 is 16.2. The molecule has 0 bridgehead atoms. The SMILES string of the molecule is COc1ccc(OCCCC(=O)NCC(c2cccc(OC)c2)N2CCCC2)cc1. The van der Waals surface area contributed by atoms with Crippen molar-refractivity contribution in [3.63, 3.8) is 0 Å². The van der Waals surface area contributed by atoms with E-state index < -0.39 is 0 Å². The van der Waals surface area contributed by atoms with Crippen LogP contribution in [0.1, 0.15) is 37.3 Å². The maximum absolute atomic E-state index is 12.4. The zero-order chi connectivity index (χ0) is 21.2. The molecule has 0 aliphatic carbocycles. The lowest BCUT2D eigenvalue weighted by Crippen LogP contribution is -2.36. The fourth-order valence-electron chi connectivity index (χ4n) is 3.75. The van der Waals surface area contributed by atoms with Crippen molar-refractivity contribution in [2.75, 3.05) is 40.5 Å². The number of nitrogens with zero attached hydrogens (tertiary/aromatic N) is 1. The number of rotatable bonds is 11. The third-order valence-electron chi connectivity index (χ3n) is 5.43. The minimum atomic E-state index is 0.0559.